The van der Waals surface area contributed by atoms with Crippen molar-refractivity contribution in [3.05, 3.63) is 18.3 Å². The van der Waals surface area contributed by atoms with Crippen LogP contribution in [0.4, 0.5) is 0 Å². The minimum absolute atomic E-state index is 0.174. The maximum atomic E-state index is 11.4. The lowest BCUT2D eigenvalue weighted by Gasteiger charge is -2.30. The van der Waals surface area contributed by atoms with E-state index in [1.54, 1.807) is 0 Å². The average Bonchev–Trinajstić information content (AvgIpc) is 2.38. The highest BCUT2D eigenvalue weighted by atomic mass is 32.2. The highest BCUT2D eigenvalue weighted by Gasteiger charge is 2.26. The summed E-state index contributed by atoms with van der Waals surface area (Å²) in [6.07, 6.45) is 3.08. The second-order valence-electron chi connectivity index (χ2n) is 4.79. The minimum Gasteiger partial charge on any atom is -0.474 e. The normalized spacial score (nSPS) is 18.6. The Morgan fingerprint density at radius 2 is 1.86 bits per heavy atom. The van der Waals surface area contributed by atoms with E-state index in [1.807, 2.05) is 0 Å². The summed E-state index contributed by atoms with van der Waals surface area (Å²) in [6.45, 7) is 0.763. The highest BCUT2D eigenvalue weighted by molar-refractivity contribution is 7.88. The van der Waals surface area contributed by atoms with Crippen LogP contribution in [0.3, 0.4) is 0 Å². The van der Waals surface area contributed by atoms with Gasteiger partial charge in [0.05, 0.1) is 12.5 Å². The number of hydrogen-bond acceptors (Lipinski definition) is 6. The van der Waals surface area contributed by atoms with Gasteiger partial charge in [0.25, 0.3) is 10.1 Å². The second-order valence-corrected chi connectivity index (χ2v) is 8.19. The number of pyridine rings is 1. The van der Waals surface area contributed by atoms with Crippen LogP contribution in [0.15, 0.2) is 23.2 Å². The van der Waals surface area contributed by atoms with Crippen LogP contribution in [0.2, 0.25) is 0 Å². The molecule has 1 fully saturated rings. The molecule has 1 aliphatic heterocycles. The lowest BCUT2D eigenvalue weighted by molar-refractivity contribution is 0.130. The smallest absolute Gasteiger partial charge is 0.296 e. The number of piperidine rings is 1. The fraction of sp³-hybridized carbons (Fsp3) is 0.545. The van der Waals surface area contributed by atoms with Gasteiger partial charge in [0.15, 0.2) is 0 Å². The van der Waals surface area contributed by atoms with Crippen molar-refractivity contribution in [3.63, 3.8) is 0 Å². The molecule has 0 atom stereocenters. The van der Waals surface area contributed by atoms with Crippen molar-refractivity contribution < 1.29 is 26.1 Å². The van der Waals surface area contributed by atoms with Crippen molar-refractivity contribution >= 4 is 20.1 Å². The molecule has 0 radical (unpaired) electrons. The Balaban J connectivity index is 1.95. The van der Waals surface area contributed by atoms with E-state index >= 15 is 0 Å². The maximum absolute atomic E-state index is 11.4. The first kappa shape index (κ1) is 16.1. The molecule has 118 valence electrons. The Bertz CT molecular complexity index is 691. The monoisotopic (exact) mass is 336 g/mol. The second kappa shape index (κ2) is 5.87. The number of ether oxygens (including phenoxy) is 1. The summed E-state index contributed by atoms with van der Waals surface area (Å²) in [5, 5.41) is 0. The van der Waals surface area contributed by atoms with Gasteiger partial charge in [0.1, 0.15) is 11.0 Å². The first-order valence-electron chi connectivity index (χ1n) is 6.21. The molecule has 10 heteroatoms. The van der Waals surface area contributed by atoms with Crippen molar-refractivity contribution in [2.75, 3.05) is 19.3 Å². The van der Waals surface area contributed by atoms with Gasteiger partial charge in [-0.3, -0.25) is 4.55 Å². The largest absolute Gasteiger partial charge is 0.474 e. The number of sulfonamides is 1. The van der Waals surface area contributed by atoms with Gasteiger partial charge in [-0.05, 0) is 18.9 Å². The van der Waals surface area contributed by atoms with E-state index in [0.29, 0.717) is 25.9 Å². The number of hydrogen-bond donors (Lipinski definition) is 1. The topological polar surface area (TPSA) is 114 Å². The lowest BCUT2D eigenvalue weighted by atomic mass is 10.1. The van der Waals surface area contributed by atoms with E-state index in [-0.39, 0.29) is 16.9 Å². The summed E-state index contributed by atoms with van der Waals surface area (Å²) in [6, 6.07) is 2.55. The molecule has 0 aliphatic carbocycles. The molecule has 1 aromatic heterocycles. The molecule has 0 bridgehead atoms. The van der Waals surface area contributed by atoms with Crippen molar-refractivity contribution in [2.45, 2.75) is 23.8 Å². The number of nitrogens with zero attached hydrogens (tertiary/aromatic N) is 2. The summed E-state index contributed by atoms with van der Waals surface area (Å²) in [7, 11) is -7.44. The molecule has 0 amide bonds. The predicted octanol–water partition coefficient (Wildman–Crippen LogP) is 0.131. The summed E-state index contributed by atoms with van der Waals surface area (Å²) in [5.41, 5.74) is 0. The maximum Gasteiger partial charge on any atom is 0.296 e. The summed E-state index contributed by atoms with van der Waals surface area (Å²) in [4.78, 5) is 3.51. The third kappa shape index (κ3) is 4.37. The highest BCUT2D eigenvalue weighted by Crippen LogP contribution is 2.19. The van der Waals surface area contributed by atoms with E-state index in [1.165, 1.54) is 22.7 Å². The van der Waals surface area contributed by atoms with Crippen LogP contribution in [0.1, 0.15) is 12.8 Å². The van der Waals surface area contributed by atoms with E-state index in [0.717, 1.165) is 6.20 Å². The van der Waals surface area contributed by atoms with Gasteiger partial charge in [-0.15, -0.1) is 0 Å². The van der Waals surface area contributed by atoms with Gasteiger partial charge in [-0.1, -0.05) is 0 Å². The van der Waals surface area contributed by atoms with Crippen LogP contribution in [0.5, 0.6) is 5.88 Å². The van der Waals surface area contributed by atoms with E-state index < -0.39 is 20.1 Å². The lowest BCUT2D eigenvalue weighted by Crippen LogP contribution is -2.41. The fourth-order valence-corrected chi connectivity index (χ4v) is 3.34. The zero-order valence-corrected chi connectivity index (χ0v) is 13.0. The van der Waals surface area contributed by atoms with Crippen LogP contribution in [-0.2, 0) is 20.1 Å². The number of aromatic nitrogens is 1. The van der Waals surface area contributed by atoms with Crippen molar-refractivity contribution in [3.8, 4) is 5.88 Å². The van der Waals surface area contributed by atoms with Crippen LogP contribution >= 0.6 is 0 Å². The quantitative estimate of drug-likeness (QED) is 0.777. The van der Waals surface area contributed by atoms with Crippen molar-refractivity contribution in [1.29, 1.82) is 0 Å². The molecule has 0 saturated carbocycles. The molecule has 1 aliphatic rings. The molecular weight excluding hydrogens is 320 g/mol. The summed E-state index contributed by atoms with van der Waals surface area (Å²) in [5.74, 6) is 0.236. The molecule has 8 nitrogen and oxygen atoms in total. The minimum atomic E-state index is -4.27. The van der Waals surface area contributed by atoms with Crippen LogP contribution < -0.4 is 4.74 Å². The third-order valence-electron chi connectivity index (χ3n) is 3.16. The van der Waals surface area contributed by atoms with E-state index in [2.05, 4.69) is 4.98 Å². The molecule has 21 heavy (non-hydrogen) atoms. The van der Waals surface area contributed by atoms with E-state index in [4.69, 9.17) is 9.29 Å². The molecule has 2 rings (SSSR count). The SMILES string of the molecule is CS(=O)(=O)N1CCC(Oc2ccc(S(=O)(=O)O)cn2)CC1. The van der Waals surface area contributed by atoms with Crippen LogP contribution in [0.25, 0.3) is 0 Å². The third-order valence-corrected chi connectivity index (χ3v) is 5.30. The Morgan fingerprint density at radius 1 is 1.24 bits per heavy atom. The molecule has 2 heterocycles. The molecule has 0 aromatic carbocycles. The average molecular weight is 336 g/mol. The molecular formula is C11H16N2O6S2. The van der Waals surface area contributed by atoms with Crippen molar-refractivity contribution in [2.24, 2.45) is 0 Å². The first-order chi connectivity index (χ1) is 9.66. The van der Waals surface area contributed by atoms with Crippen LogP contribution in [0, 0.1) is 0 Å². The van der Waals surface area contributed by atoms with Gasteiger partial charge in [0.2, 0.25) is 15.9 Å². The summed E-state index contributed by atoms with van der Waals surface area (Å²) >= 11 is 0. The van der Waals surface area contributed by atoms with Gasteiger partial charge in [-0.2, -0.15) is 8.42 Å². The van der Waals surface area contributed by atoms with Gasteiger partial charge in [-0.25, -0.2) is 17.7 Å². The zero-order valence-electron chi connectivity index (χ0n) is 11.3. The Kier molecular flexibility index (Phi) is 4.51. The molecule has 0 unspecified atom stereocenters. The molecule has 1 aromatic rings. The Morgan fingerprint density at radius 3 is 2.29 bits per heavy atom. The Hall–Kier alpha value is -1.23. The van der Waals surface area contributed by atoms with Crippen LogP contribution in [-0.4, -0.2) is 56.1 Å². The molecule has 1 N–H and O–H groups in total. The predicted molar refractivity (Wildman–Crippen MR) is 74.1 cm³/mol. The fourth-order valence-electron chi connectivity index (χ4n) is 2.04. The zero-order chi connectivity index (χ0) is 15.7. The molecule has 1 saturated heterocycles. The Labute approximate surface area is 123 Å². The molecule has 0 spiro atoms. The van der Waals surface area contributed by atoms with Gasteiger partial charge < -0.3 is 4.74 Å². The number of rotatable bonds is 4. The summed E-state index contributed by atoms with van der Waals surface area (Å²) < 4.78 is 60.3. The van der Waals surface area contributed by atoms with Gasteiger partial charge in [0, 0.05) is 19.2 Å². The van der Waals surface area contributed by atoms with Crippen molar-refractivity contribution in [1.82, 2.24) is 9.29 Å². The van der Waals surface area contributed by atoms with Gasteiger partial charge >= 0.3 is 0 Å². The van der Waals surface area contributed by atoms with E-state index in [9.17, 15) is 16.8 Å². The first-order valence-corrected chi connectivity index (χ1v) is 9.50. The standard InChI is InChI=1S/C11H16N2O6S2/c1-20(14,15)13-6-4-9(5-7-13)19-11-3-2-10(8-12-11)21(16,17)18/h2-3,8-9H,4-7H2,1H3,(H,16,17,18).